The third-order valence-electron chi connectivity index (χ3n) is 3.77. The topological polar surface area (TPSA) is 53.6 Å². The highest BCUT2D eigenvalue weighted by Crippen LogP contribution is 2.25. The molecule has 0 aliphatic carbocycles. The van der Waals surface area contributed by atoms with Crippen LogP contribution in [0.4, 0.5) is 22.0 Å². The molecule has 1 fully saturated rings. The molecule has 1 aromatic rings. The van der Waals surface area contributed by atoms with Crippen molar-refractivity contribution in [1.82, 2.24) is 15.5 Å². The van der Waals surface area contributed by atoms with Crippen LogP contribution in [0.5, 0.6) is 5.75 Å². The zero-order chi connectivity index (χ0) is 18.4. The SMILES string of the molecule is O=C(NCC(N1CCNCC1)C(F)(F)F)c1ccccc1OC(F)F. The third-order valence-corrected chi connectivity index (χ3v) is 3.77. The van der Waals surface area contributed by atoms with Crippen molar-refractivity contribution in [1.29, 1.82) is 0 Å². The van der Waals surface area contributed by atoms with E-state index in [1.165, 1.54) is 23.1 Å². The van der Waals surface area contributed by atoms with E-state index in [1.54, 1.807) is 0 Å². The van der Waals surface area contributed by atoms with Crippen molar-refractivity contribution in [3.63, 3.8) is 0 Å². The Kier molecular flexibility index (Phi) is 6.54. The van der Waals surface area contributed by atoms with Crippen molar-refractivity contribution in [2.45, 2.75) is 18.8 Å². The van der Waals surface area contributed by atoms with Gasteiger partial charge in [0.15, 0.2) is 0 Å². The molecule has 0 spiro atoms. The van der Waals surface area contributed by atoms with Gasteiger partial charge in [0, 0.05) is 32.7 Å². The number of hydrogen-bond donors (Lipinski definition) is 2. The van der Waals surface area contributed by atoms with Crippen LogP contribution in [0.25, 0.3) is 0 Å². The lowest BCUT2D eigenvalue weighted by Gasteiger charge is -2.35. The summed E-state index contributed by atoms with van der Waals surface area (Å²) in [5.74, 6) is -1.29. The molecular weight excluding hydrogens is 349 g/mol. The maximum absolute atomic E-state index is 13.3. The highest BCUT2D eigenvalue weighted by Gasteiger charge is 2.43. The first-order valence-electron chi connectivity index (χ1n) is 7.62. The first-order chi connectivity index (χ1) is 11.8. The number of para-hydroxylation sites is 1. The predicted octanol–water partition coefficient (Wildman–Crippen LogP) is 1.85. The predicted molar refractivity (Wildman–Crippen MR) is 79.7 cm³/mol. The van der Waals surface area contributed by atoms with Crippen molar-refractivity contribution < 1.29 is 31.5 Å². The molecule has 0 radical (unpaired) electrons. The van der Waals surface area contributed by atoms with Gasteiger partial charge >= 0.3 is 12.8 Å². The molecule has 5 nitrogen and oxygen atoms in total. The van der Waals surface area contributed by atoms with Crippen molar-refractivity contribution in [3.8, 4) is 5.75 Å². The summed E-state index contributed by atoms with van der Waals surface area (Å²) in [6.07, 6.45) is -4.52. The molecule has 1 heterocycles. The van der Waals surface area contributed by atoms with Gasteiger partial charge < -0.3 is 15.4 Å². The number of rotatable bonds is 6. The number of piperazine rings is 1. The summed E-state index contributed by atoms with van der Waals surface area (Å²) in [4.78, 5) is 13.4. The van der Waals surface area contributed by atoms with Crippen LogP contribution < -0.4 is 15.4 Å². The summed E-state index contributed by atoms with van der Waals surface area (Å²) in [6.45, 7) is -2.57. The van der Waals surface area contributed by atoms with E-state index in [0.29, 0.717) is 13.1 Å². The highest BCUT2D eigenvalue weighted by atomic mass is 19.4. The van der Waals surface area contributed by atoms with Crippen LogP contribution in [-0.4, -0.2) is 62.4 Å². The molecule has 0 saturated carbocycles. The minimum atomic E-state index is -4.52. The van der Waals surface area contributed by atoms with Crippen LogP contribution in [-0.2, 0) is 0 Å². The Hall–Kier alpha value is -1.94. The zero-order valence-electron chi connectivity index (χ0n) is 13.2. The summed E-state index contributed by atoms with van der Waals surface area (Å²) < 4.78 is 68.8. The van der Waals surface area contributed by atoms with E-state index in [-0.39, 0.29) is 24.4 Å². The normalized spacial score (nSPS) is 17.4. The van der Waals surface area contributed by atoms with E-state index in [1.807, 2.05) is 0 Å². The molecule has 2 N–H and O–H groups in total. The molecule has 1 saturated heterocycles. The maximum Gasteiger partial charge on any atom is 0.405 e. The maximum atomic E-state index is 13.3. The zero-order valence-corrected chi connectivity index (χ0v) is 13.2. The van der Waals surface area contributed by atoms with Crippen molar-refractivity contribution in [2.24, 2.45) is 0 Å². The Morgan fingerprint density at radius 1 is 1.24 bits per heavy atom. The number of carbonyl (C=O) groups is 1. The van der Waals surface area contributed by atoms with Gasteiger partial charge in [0.1, 0.15) is 11.8 Å². The average molecular weight is 367 g/mol. The summed E-state index contributed by atoms with van der Waals surface area (Å²) in [7, 11) is 0. The first kappa shape index (κ1) is 19.4. The number of hydrogen-bond acceptors (Lipinski definition) is 4. The van der Waals surface area contributed by atoms with Gasteiger partial charge in [-0.05, 0) is 12.1 Å². The number of alkyl halides is 5. The molecule has 1 amide bonds. The molecule has 1 aromatic carbocycles. The van der Waals surface area contributed by atoms with E-state index in [0.717, 1.165) is 6.07 Å². The molecule has 1 aliphatic rings. The number of benzene rings is 1. The number of halogens is 5. The van der Waals surface area contributed by atoms with E-state index < -0.39 is 31.3 Å². The average Bonchev–Trinajstić information content (AvgIpc) is 2.54. The number of nitrogens with one attached hydrogen (secondary N) is 2. The fraction of sp³-hybridized carbons (Fsp3) is 0.533. The molecule has 2 rings (SSSR count). The summed E-state index contributed by atoms with van der Waals surface area (Å²) >= 11 is 0. The quantitative estimate of drug-likeness (QED) is 0.754. The van der Waals surface area contributed by atoms with Gasteiger partial charge in [0.05, 0.1) is 5.56 Å². The minimum absolute atomic E-state index is 0.200. The molecule has 0 aromatic heterocycles. The van der Waals surface area contributed by atoms with Gasteiger partial charge in [0.2, 0.25) is 0 Å². The van der Waals surface area contributed by atoms with Gasteiger partial charge in [-0.2, -0.15) is 22.0 Å². The van der Waals surface area contributed by atoms with Crippen LogP contribution in [0.3, 0.4) is 0 Å². The number of ether oxygens (including phenoxy) is 1. The lowest BCUT2D eigenvalue weighted by molar-refractivity contribution is -0.183. The molecule has 0 bridgehead atoms. The van der Waals surface area contributed by atoms with E-state index in [2.05, 4.69) is 15.4 Å². The standard InChI is InChI=1S/C15H18F5N3O2/c16-14(17)25-11-4-2-1-3-10(11)13(24)22-9-12(15(18,19)20)23-7-5-21-6-8-23/h1-4,12,14,21H,5-9H2,(H,22,24). The Bertz CT molecular complexity index is 577. The smallest absolute Gasteiger partial charge is 0.405 e. The second-order valence-corrected chi connectivity index (χ2v) is 5.43. The van der Waals surface area contributed by atoms with Gasteiger partial charge in [-0.25, -0.2) is 0 Å². The van der Waals surface area contributed by atoms with Gasteiger partial charge in [-0.15, -0.1) is 0 Å². The van der Waals surface area contributed by atoms with Gasteiger partial charge in [0.25, 0.3) is 5.91 Å². The van der Waals surface area contributed by atoms with Crippen LogP contribution >= 0.6 is 0 Å². The van der Waals surface area contributed by atoms with Gasteiger partial charge in [-0.3, -0.25) is 9.69 Å². The molecule has 10 heteroatoms. The summed E-state index contributed by atoms with van der Waals surface area (Å²) in [5.41, 5.74) is -0.246. The molecule has 140 valence electrons. The summed E-state index contributed by atoms with van der Waals surface area (Å²) in [6, 6.07) is 3.30. The minimum Gasteiger partial charge on any atom is -0.434 e. The summed E-state index contributed by atoms with van der Waals surface area (Å²) in [5, 5.41) is 5.12. The monoisotopic (exact) mass is 367 g/mol. The third kappa shape index (κ3) is 5.53. The van der Waals surface area contributed by atoms with Crippen LogP contribution in [0.1, 0.15) is 10.4 Å². The number of carbonyl (C=O) groups excluding carboxylic acids is 1. The van der Waals surface area contributed by atoms with Crippen molar-refractivity contribution >= 4 is 5.91 Å². The Morgan fingerprint density at radius 3 is 2.48 bits per heavy atom. The van der Waals surface area contributed by atoms with E-state index in [4.69, 9.17) is 0 Å². The molecule has 1 aliphatic heterocycles. The molecule has 1 atom stereocenters. The fourth-order valence-corrected chi connectivity index (χ4v) is 2.58. The lowest BCUT2D eigenvalue weighted by Crippen LogP contribution is -2.57. The first-order valence-corrected chi connectivity index (χ1v) is 7.62. The Labute approximate surface area is 141 Å². The van der Waals surface area contributed by atoms with E-state index in [9.17, 15) is 26.7 Å². The Morgan fingerprint density at radius 2 is 1.88 bits per heavy atom. The fourth-order valence-electron chi connectivity index (χ4n) is 2.58. The molecule has 25 heavy (non-hydrogen) atoms. The lowest BCUT2D eigenvalue weighted by atomic mass is 10.1. The second kappa shape index (κ2) is 8.43. The molecule has 1 unspecified atom stereocenters. The molecular formula is C15H18F5N3O2. The number of nitrogens with zero attached hydrogens (tertiary/aromatic N) is 1. The second-order valence-electron chi connectivity index (χ2n) is 5.43. The largest absolute Gasteiger partial charge is 0.434 e. The Balaban J connectivity index is 2.06. The van der Waals surface area contributed by atoms with E-state index >= 15 is 0 Å². The number of amides is 1. The van der Waals surface area contributed by atoms with Crippen LogP contribution in [0.15, 0.2) is 24.3 Å². The highest BCUT2D eigenvalue weighted by molar-refractivity contribution is 5.96. The van der Waals surface area contributed by atoms with Crippen LogP contribution in [0, 0.1) is 0 Å². The van der Waals surface area contributed by atoms with Gasteiger partial charge in [-0.1, -0.05) is 12.1 Å². The van der Waals surface area contributed by atoms with Crippen molar-refractivity contribution in [2.75, 3.05) is 32.7 Å². The van der Waals surface area contributed by atoms with Crippen molar-refractivity contribution in [3.05, 3.63) is 29.8 Å². The van der Waals surface area contributed by atoms with Crippen LogP contribution in [0.2, 0.25) is 0 Å².